The Balaban J connectivity index is 1.91. The number of nitrogens with two attached hydrogens (primary N) is 1. The second kappa shape index (κ2) is 5.85. The summed E-state index contributed by atoms with van der Waals surface area (Å²) in [5, 5.41) is 0. The molecule has 1 fully saturated rings. The maximum atomic E-state index is 6.30. The topological polar surface area (TPSA) is 29.3 Å². The highest BCUT2D eigenvalue weighted by molar-refractivity contribution is 5.25. The average Bonchev–Trinajstić information content (AvgIpc) is 3.22. The van der Waals surface area contributed by atoms with Crippen molar-refractivity contribution in [2.45, 2.75) is 45.2 Å². The van der Waals surface area contributed by atoms with E-state index < -0.39 is 0 Å². The van der Waals surface area contributed by atoms with Gasteiger partial charge in [-0.2, -0.15) is 0 Å². The Kier molecular flexibility index (Phi) is 4.41. The molecule has 2 unspecified atom stereocenters. The first-order valence-electron chi connectivity index (χ1n) is 7.16. The highest BCUT2D eigenvalue weighted by Gasteiger charge is 2.30. The molecule has 2 N–H and O–H groups in total. The van der Waals surface area contributed by atoms with E-state index in [-0.39, 0.29) is 6.04 Å². The molecule has 2 heteroatoms. The molecule has 2 rings (SSSR count). The van der Waals surface area contributed by atoms with Crippen LogP contribution in [-0.4, -0.2) is 24.5 Å². The SMILES string of the molecule is CCc1ccc(C(N)CN(C)C(C)C2CC2)cc1. The van der Waals surface area contributed by atoms with E-state index in [4.69, 9.17) is 5.73 Å². The molecule has 0 aliphatic heterocycles. The third-order valence-electron chi connectivity index (χ3n) is 4.30. The van der Waals surface area contributed by atoms with Gasteiger partial charge in [-0.25, -0.2) is 0 Å². The van der Waals surface area contributed by atoms with Crippen molar-refractivity contribution < 1.29 is 0 Å². The predicted molar refractivity (Wildman–Crippen MR) is 77.6 cm³/mol. The Labute approximate surface area is 111 Å². The lowest BCUT2D eigenvalue weighted by molar-refractivity contribution is 0.221. The quantitative estimate of drug-likeness (QED) is 0.836. The van der Waals surface area contributed by atoms with Gasteiger partial charge in [0.05, 0.1) is 0 Å². The van der Waals surface area contributed by atoms with Gasteiger partial charge in [-0.1, -0.05) is 31.2 Å². The summed E-state index contributed by atoms with van der Waals surface area (Å²) >= 11 is 0. The molecule has 0 radical (unpaired) electrons. The molecule has 0 amide bonds. The van der Waals surface area contributed by atoms with Crippen LogP contribution in [0.4, 0.5) is 0 Å². The van der Waals surface area contributed by atoms with Crippen molar-refractivity contribution in [2.75, 3.05) is 13.6 Å². The zero-order valence-electron chi connectivity index (χ0n) is 11.9. The van der Waals surface area contributed by atoms with Crippen LogP contribution in [0.2, 0.25) is 0 Å². The molecule has 0 saturated heterocycles. The maximum absolute atomic E-state index is 6.30. The van der Waals surface area contributed by atoms with Crippen molar-refractivity contribution in [3.05, 3.63) is 35.4 Å². The van der Waals surface area contributed by atoms with E-state index in [1.54, 1.807) is 0 Å². The van der Waals surface area contributed by atoms with Crippen LogP contribution in [0, 0.1) is 5.92 Å². The number of aryl methyl sites for hydroxylation is 1. The van der Waals surface area contributed by atoms with Crippen molar-refractivity contribution in [3.8, 4) is 0 Å². The predicted octanol–water partition coefficient (Wildman–Crippen LogP) is 2.98. The van der Waals surface area contributed by atoms with Gasteiger partial charge in [0, 0.05) is 18.6 Å². The fourth-order valence-corrected chi connectivity index (χ4v) is 2.52. The Morgan fingerprint density at radius 1 is 1.28 bits per heavy atom. The first-order chi connectivity index (χ1) is 8.61. The second-order valence-electron chi connectivity index (χ2n) is 5.72. The standard InChI is InChI=1S/C16H26N2/c1-4-13-5-7-15(8-6-13)16(17)11-18(3)12(2)14-9-10-14/h5-8,12,14,16H,4,9-11,17H2,1-3H3. The molecule has 1 aliphatic carbocycles. The Morgan fingerprint density at radius 2 is 1.89 bits per heavy atom. The summed E-state index contributed by atoms with van der Waals surface area (Å²) in [5.41, 5.74) is 8.94. The molecular weight excluding hydrogens is 220 g/mol. The average molecular weight is 246 g/mol. The first-order valence-corrected chi connectivity index (χ1v) is 7.16. The lowest BCUT2D eigenvalue weighted by atomic mass is 10.0. The van der Waals surface area contributed by atoms with Crippen molar-refractivity contribution >= 4 is 0 Å². The van der Waals surface area contributed by atoms with Crippen LogP contribution in [0.1, 0.15) is 43.9 Å². The number of nitrogens with zero attached hydrogens (tertiary/aromatic N) is 1. The Hall–Kier alpha value is -0.860. The number of rotatable bonds is 6. The van der Waals surface area contributed by atoms with Gasteiger partial charge in [0.15, 0.2) is 0 Å². The highest BCUT2D eigenvalue weighted by atomic mass is 15.1. The van der Waals surface area contributed by atoms with E-state index in [1.165, 1.54) is 24.0 Å². The zero-order chi connectivity index (χ0) is 13.1. The van der Waals surface area contributed by atoms with Crippen molar-refractivity contribution in [1.82, 2.24) is 4.90 Å². The van der Waals surface area contributed by atoms with E-state index in [0.29, 0.717) is 6.04 Å². The van der Waals surface area contributed by atoms with E-state index >= 15 is 0 Å². The minimum atomic E-state index is 0.127. The van der Waals surface area contributed by atoms with Gasteiger partial charge in [-0.15, -0.1) is 0 Å². The first kappa shape index (κ1) is 13.6. The molecule has 0 bridgehead atoms. The summed E-state index contributed by atoms with van der Waals surface area (Å²) in [4.78, 5) is 2.41. The molecule has 1 aromatic rings. The molecular formula is C16H26N2. The lowest BCUT2D eigenvalue weighted by Crippen LogP contribution is -2.36. The van der Waals surface area contributed by atoms with Crippen LogP contribution in [0.15, 0.2) is 24.3 Å². The van der Waals surface area contributed by atoms with Crippen LogP contribution in [0.5, 0.6) is 0 Å². The summed E-state index contributed by atoms with van der Waals surface area (Å²) in [6, 6.07) is 9.55. The van der Waals surface area contributed by atoms with Gasteiger partial charge < -0.3 is 10.6 Å². The number of hydrogen-bond acceptors (Lipinski definition) is 2. The van der Waals surface area contributed by atoms with Gasteiger partial charge in [-0.05, 0) is 50.3 Å². The molecule has 1 saturated carbocycles. The van der Waals surface area contributed by atoms with E-state index in [9.17, 15) is 0 Å². The van der Waals surface area contributed by atoms with E-state index in [0.717, 1.165) is 18.9 Å². The smallest absolute Gasteiger partial charge is 0.0424 e. The van der Waals surface area contributed by atoms with Crippen molar-refractivity contribution in [3.63, 3.8) is 0 Å². The van der Waals surface area contributed by atoms with Gasteiger partial charge >= 0.3 is 0 Å². The van der Waals surface area contributed by atoms with E-state index in [2.05, 4.69) is 50.1 Å². The summed E-state index contributed by atoms with van der Waals surface area (Å²) in [6.07, 6.45) is 3.88. The molecule has 18 heavy (non-hydrogen) atoms. The summed E-state index contributed by atoms with van der Waals surface area (Å²) < 4.78 is 0. The van der Waals surface area contributed by atoms with Gasteiger partial charge in [-0.3, -0.25) is 0 Å². The molecule has 0 aromatic heterocycles. The fourth-order valence-electron chi connectivity index (χ4n) is 2.52. The number of likely N-dealkylation sites (N-methyl/N-ethyl adjacent to an activating group) is 1. The third-order valence-corrected chi connectivity index (χ3v) is 4.30. The molecule has 2 atom stereocenters. The van der Waals surface area contributed by atoms with Crippen molar-refractivity contribution in [2.24, 2.45) is 11.7 Å². The summed E-state index contributed by atoms with van der Waals surface area (Å²) in [7, 11) is 2.20. The zero-order valence-corrected chi connectivity index (χ0v) is 11.9. The third kappa shape index (κ3) is 3.33. The minimum absolute atomic E-state index is 0.127. The van der Waals surface area contributed by atoms with Crippen LogP contribution in [-0.2, 0) is 6.42 Å². The van der Waals surface area contributed by atoms with Crippen molar-refractivity contribution in [1.29, 1.82) is 0 Å². The van der Waals surface area contributed by atoms with Gasteiger partial charge in [0.25, 0.3) is 0 Å². The van der Waals surface area contributed by atoms with Crippen LogP contribution >= 0.6 is 0 Å². The highest BCUT2D eigenvalue weighted by Crippen LogP contribution is 2.35. The lowest BCUT2D eigenvalue weighted by Gasteiger charge is -2.27. The minimum Gasteiger partial charge on any atom is -0.323 e. The summed E-state index contributed by atoms with van der Waals surface area (Å²) in [6.45, 7) is 5.45. The number of hydrogen-bond donors (Lipinski definition) is 1. The maximum Gasteiger partial charge on any atom is 0.0424 e. The Morgan fingerprint density at radius 3 is 2.39 bits per heavy atom. The van der Waals surface area contributed by atoms with E-state index in [1.807, 2.05) is 0 Å². The number of benzene rings is 1. The molecule has 0 heterocycles. The van der Waals surface area contributed by atoms with Crippen LogP contribution in [0.25, 0.3) is 0 Å². The monoisotopic (exact) mass is 246 g/mol. The molecule has 0 spiro atoms. The molecule has 1 aliphatic rings. The molecule has 2 nitrogen and oxygen atoms in total. The Bertz CT molecular complexity index is 367. The largest absolute Gasteiger partial charge is 0.323 e. The molecule has 1 aromatic carbocycles. The van der Waals surface area contributed by atoms with Gasteiger partial charge in [0.2, 0.25) is 0 Å². The summed E-state index contributed by atoms with van der Waals surface area (Å²) in [5.74, 6) is 0.907. The normalized spacial score (nSPS) is 18.9. The van der Waals surface area contributed by atoms with Crippen LogP contribution < -0.4 is 5.73 Å². The fraction of sp³-hybridized carbons (Fsp3) is 0.625. The van der Waals surface area contributed by atoms with Gasteiger partial charge in [0.1, 0.15) is 0 Å². The van der Waals surface area contributed by atoms with Crippen LogP contribution in [0.3, 0.4) is 0 Å². The molecule has 100 valence electrons. The second-order valence-corrected chi connectivity index (χ2v) is 5.72.